The van der Waals surface area contributed by atoms with E-state index < -0.39 is 0 Å². The van der Waals surface area contributed by atoms with Crippen LogP contribution in [0.5, 0.6) is 0 Å². The number of fused-ring (bicyclic) bond motifs is 4. The van der Waals surface area contributed by atoms with Crippen LogP contribution in [0.15, 0.2) is 66.7 Å². The van der Waals surface area contributed by atoms with Crippen LogP contribution in [0, 0.1) is 5.92 Å². The van der Waals surface area contributed by atoms with Crippen molar-refractivity contribution in [2.45, 2.75) is 18.4 Å². The molecule has 0 radical (unpaired) electrons. The van der Waals surface area contributed by atoms with Crippen LogP contribution in [0.3, 0.4) is 0 Å². The van der Waals surface area contributed by atoms with E-state index in [4.69, 9.17) is 23.2 Å². The molecule has 3 unspecified atom stereocenters. The lowest BCUT2D eigenvalue weighted by Crippen LogP contribution is -2.29. The van der Waals surface area contributed by atoms with Crippen molar-refractivity contribution in [1.29, 1.82) is 0 Å². The molecule has 0 spiro atoms. The summed E-state index contributed by atoms with van der Waals surface area (Å²) in [7, 11) is 0. The highest BCUT2D eigenvalue weighted by molar-refractivity contribution is 6.35. The molecule has 0 amide bonds. The largest absolute Gasteiger partial charge is 0.378 e. The maximum Gasteiger partial charge on any atom is 0.0560 e. The molecule has 1 nitrogen and oxygen atoms in total. The lowest BCUT2D eigenvalue weighted by atomic mass is 9.76. The lowest BCUT2D eigenvalue weighted by molar-refractivity contribution is 0.427. The fraction of sp³-hybridized carbons (Fsp3) is 0.182. The van der Waals surface area contributed by atoms with Crippen molar-refractivity contribution >= 4 is 39.7 Å². The Morgan fingerprint density at radius 2 is 1.80 bits per heavy atom. The SMILES string of the molecule is Clc1cc(Cl)c2c(c1)NC(c1cccc3ccccc13)C1CC=CC21. The molecule has 1 N–H and O–H groups in total. The molecule has 3 aromatic carbocycles. The molecule has 5 rings (SSSR count). The van der Waals surface area contributed by atoms with Gasteiger partial charge in [0.1, 0.15) is 0 Å². The van der Waals surface area contributed by atoms with E-state index in [1.807, 2.05) is 12.1 Å². The highest BCUT2D eigenvalue weighted by atomic mass is 35.5. The summed E-state index contributed by atoms with van der Waals surface area (Å²) >= 11 is 12.8. The van der Waals surface area contributed by atoms with Crippen molar-refractivity contribution in [2.24, 2.45) is 5.92 Å². The van der Waals surface area contributed by atoms with Gasteiger partial charge in [0, 0.05) is 27.2 Å². The fourth-order valence-corrected chi connectivity index (χ4v) is 5.09. The molecule has 3 heteroatoms. The molecule has 0 fully saturated rings. The normalized spacial score (nSPS) is 24.0. The van der Waals surface area contributed by atoms with Gasteiger partial charge in [0.25, 0.3) is 0 Å². The third kappa shape index (κ3) is 2.38. The average Bonchev–Trinajstić information content (AvgIpc) is 3.09. The Morgan fingerprint density at radius 1 is 0.960 bits per heavy atom. The standard InChI is InChI=1S/C22H17Cl2N/c23-14-11-19(24)21-16-8-4-10-18(16)22(25-20(21)12-14)17-9-3-6-13-5-1-2-7-15(13)17/h1-9,11-12,16,18,22,25H,10H2. The molecule has 1 aliphatic carbocycles. The first-order chi connectivity index (χ1) is 12.2. The summed E-state index contributed by atoms with van der Waals surface area (Å²) in [5.41, 5.74) is 3.59. The predicted octanol–water partition coefficient (Wildman–Crippen LogP) is 6.97. The molecule has 0 saturated heterocycles. The van der Waals surface area contributed by atoms with Gasteiger partial charge < -0.3 is 5.32 Å². The fourth-order valence-electron chi connectivity index (χ4n) is 4.47. The maximum absolute atomic E-state index is 6.54. The minimum Gasteiger partial charge on any atom is -0.378 e. The molecule has 0 saturated carbocycles. The van der Waals surface area contributed by atoms with Crippen LogP contribution >= 0.6 is 23.2 Å². The average molecular weight is 366 g/mol. The van der Waals surface area contributed by atoms with Gasteiger partial charge in [-0.1, -0.05) is 77.8 Å². The number of rotatable bonds is 1. The zero-order chi connectivity index (χ0) is 17.0. The van der Waals surface area contributed by atoms with Crippen molar-refractivity contribution in [3.05, 3.63) is 87.9 Å². The number of nitrogens with one attached hydrogen (secondary N) is 1. The molecule has 1 heterocycles. The molecule has 1 aliphatic heterocycles. The number of halogens is 2. The number of benzene rings is 3. The van der Waals surface area contributed by atoms with Crippen LogP contribution in [0.25, 0.3) is 10.8 Å². The Labute approximate surface area is 157 Å². The number of anilines is 1. The van der Waals surface area contributed by atoms with Gasteiger partial charge in [-0.3, -0.25) is 0 Å². The van der Waals surface area contributed by atoms with Gasteiger partial charge in [0.2, 0.25) is 0 Å². The van der Waals surface area contributed by atoms with Crippen LogP contribution in [-0.4, -0.2) is 0 Å². The van der Waals surface area contributed by atoms with E-state index in [0.717, 1.165) is 17.1 Å². The molecular weight excluding hydrogens is 349 g/mol. The Morgan fingerprint density at radius 3 is 2.72 bits per heavy atom. The lowest BCUT2D eigenvalue weighted by Gasteiger charge is -2.38. The van der Waals surface area contributed by atoms with Crippen molar-refractivity contribution in [3.63, 3.8) is 0 Å². The van der Waals surface area contributed by atoms with Gasteiger partial charge in [0.05, 0.1) is 6.04 Å². The van der Waals surface area contributed by atoms with E-state index in [9.17, 15) is 0 Å². The van der Waals surface area contributed by atoms with Gasteiger partial charge in [-0.25, -0.2) is 0 Å². The molecule has 3 aromatic rings. The highest BCUT2D eigenvalue weighted by Gasteiger charge is 2.39. The third-order valence-electron chi connectivity index (χ3n) is 5.54. The van der Waals surface area contributed by atoms with Gasteiger partial charge in [-0.15, -0.1) is 0 Å². The first-order valence-electron chi connectivity index (χ1n) is 8.62. The number of hydrogen-bond donors (Lipinski definition) is 1. The Balaban J connectivity index is 1.70. The summed E-state index contributed by atoms with van der Waals surface area (Å²) in [5.74, 6) is 0.807. The second-order valence-corrected chi connectivity index (χ2v) is 7.74. The Hall–Kier alpha value is -1.96. The minimum atomic E-state index is 0.244. The second-order valence-electron chi connectivity index (χ2n) is 6.89. The summed E-state index contributed by atoms with van der Waals surface area (Å²) in [6, 6.07) is 19.3. The zero-order valence-electron chi connectivity index (χ0n) is 13.5. The van der Waals surface area contributed by atoms with Crippen molar-refractivity contribution in [3.8, 4) is 0 Å². The van der Waals surface area contributed by atoms with Crippen LogP contribution in [0.1, 0.15) is 29.5 Å². The van der Waals surface area contributed by atoms with Crippen LogP contribution in [-0.2, 0) is 0 Å². The molecule has 0 bridgehead atoms. The highest BCUT2D eigenvalue weighted by Crippen LogP contribution is 2.53. The van der Waals surface area contributed by atoms with Crippen LogP contribution in [0.2, 0.25) is 10.0 Å². The summed E-state index contributed by atoms with van der Waals surface area (Å²) in [6.07, 6.45) is 5.65. The van der Waals surface area contributed by atoms with E-state index in [2.05, 4.69) is 59.9 Å². The zero-order valence-corrected chi connectivity index (χ0v) is 15.1. The smallest absolute Gasteiger partial charge is 0.0560 e. The van der Waals surface area contributed by atoms with E-state index in [0.29, 0.717) is 16.9 Å². The predicted molar refractivity (Wildman–Crippen MR) is 107 cm³/mol. The first-order valence-corrected chi connectivity index (χ1v) is 9.38. The topological polar surface area (TPSA) is 12.0 Å². The third-order valence-corrected chi connectivity index (χ3v) is 6.07. The van der Waals surface area contributed by atoms with Crippen molar-refractivity contribution in [1.82, 2.24) is 0 Å². The van der Waals surface area contributed by atoms with Crippen LogP contribution in [0.4, 0.5) is 5.69 Å². The van der Waals surface area contributed by atoms with Gasteiger partial charge in [0.15, 0.2) is 0 Å². The monoisotopic (exact) mass is 365 g/mol. The van der Waals surface area contributed by atoms with E-state index >= 15 is 0 Å². The first kappa shape index (κ1) is 15.3. The molecule has 2 aliphatic rings. The van der Waals surface area contributed by atoms with Gasteiger partial charge >= 0.3 is 0 Å². The summed E-state index contributed by atoms with van der Waals surface area (Å²) in [4.78, 5) is 0. The summed E-state index contributed by atoms with van der Waals surface area (Å²) < 4.78 is 0. The molecule has 25 heavy (non-hydrogen) atoms. The van der Waals surface area contributed by atoms with Crippen molar-refractivity contribution in [2.75, 3.05) is 5.32 Å². The summed E-state index contributed by atoms with van der Waals surface area (Å²) in [5, 5.41) is 7.77. The van der Waals surface area contributed by atoms with E-state index in [-0.39, 0.29) is 6.04 Å². The summed E-state index contributed by atoms with van der Waals surface area (Å²) in [6.45, 7) is 0. The van der Waals surface area contributed by atoms with E-state index in [1.54, 1.807) is 0 Å². The van der Waals surface area contributed by atoms with Gasteiger partial charge in [-0.2, -0.15) is 0 Å². The van der Waals surface area contributed by atoms with Crippen molar-refractivity contribution < 1.29 is 0 Å². The number of hydrogen-bond acceptors (Lipinski definition) is 1. The molecule has 0 aromatic heterocycles. The number of allylic oxidation sites excluding steroid dienone is 2. The maximum atomic E-state index is 6.54. The van der Waals surface area contributed by atoms with Gasteiger partial charge in [-0.05, 0) is 40.8 Å². The molecule has 3 atom stereocenters. The Bertz CT molecular complexity index is 1000. The quantitative estimate of drug-likeness (QED) is 0.459. The van der Waals surface area contributed by atoms with E-state index in [1.165, 1.54) is 21.9 Å². The Kier molecular flexibility index (Phi) is 3.55. The second kappa shape index (κ2) is 5.79. The molecular formula is C22H17Cl2N. The molecule has 124 valence electrons. The van der Waals surface area contributed by atoms with Crippen LogP contribution < -0.4 is 5.32 Å². The minimum absolute atomic E-state index is 0.244.